The summed E-state index contributed by atoms with van der Waals surface area (Å²) in [5.74, 6) is 1.01. The van der Waals surface area contributed by atoms with Gasteiger partial charge in [0.15, 0.2) is 0 Å². The fourth-order valence-corrected chi connectivity index (χ4v) is 4.52. The minimum absolute atomic E-state index is 0.240. The van der Waals surface area contributed by atoms with Crippen molar-refractivity contribution in [2.75, 3.05) is 0 Å². The molecule has 4 aliphatic carbocycles. The number of aliphatic hydroxyl groups is 1. The first kappa shape index (κ1) is 10.1. The van der Waals surface area contributed by atoms with Gasteiger partial charge in [0, 0.05) is 0 Å². The average Bonchev–Trinajstić information content (AvgIpc) is 2.32. The van der Waals surface area contributed by atoms with E-state index in [0.29, 0.717) is 5.41 Å². The van der Waals surface area contributed by atoms with Gasteiger partial charge >= 0.3 is 0 Å². The molecule has 0 spiro atoms. The molecule has 4 saturated carbocycles. The van der Waals surface area contributed by atoms with Crippen molar-refractivity contribution in [2.24, 2.45) is 11.3 Å². The van der Waals surface area contributed by atoms with Crippen LogP contribution >= 0.6 is 0 Å². The van der Waals surface area contributed by atoms with Crippen LogP contribution in [0.4, 0.5) is 0 Å². The quantitative estimate of drug-likeness (QED) is 0.697. The summed E-state index contributed by atoms with van der Waals surface area (Å²) in [5.41, 5.74) is 0.432. The molecule has 4 aliphatic rings. The lowest BCUT2D eigenvalue weighted by Crippen LogP contribution is -2.49. The van der Waals surface area contributed by atoms with Crippen molar-refractivity contribution in [1.29, 1.82) is 0 Å². The summed E-state index contributed by atoms with van der Waals surface area (Å²) in [6, 6.07) is 0. The van der Waals surface area contributed by atoms with Crippen LogP contribution in [0.25, 0.3) is 0 Å². The molecule has 1 N–H and O–H groups in total. The van der Waals surface area contributed by atoms with E-state index in [1.807, 2.05) is 0 Å². The van der Waals surface area contributed by atoms with E-state index in [4.69, 9.17) is 0 Å². The second-order valence-corrected chi connectivity index (χ2v) is 6.42. The van der Waals surface area contributed by atoms with E-state index in [2.05, 4.69) is 0 Å². The number of rotatable bonds is 1. The van der Waals surface area contributed by atoms with Crippen molar-refractivity contribution < 1.29 is 5.11 Å². The number of hydrogen-bond acceptors (Lipinski definition) is 1. The zero-order valence-corrected chi connectivity index (χ0v) is 9.80. The van der Waals surface area contributed by atoms with Crippen LogP contribution in [-0.4, -0.2) is 10.7 Å². The van der Waals surface area contributed by atoms with E-state index in [1.54, 1.807) is 0 Å². The third-order valence-corrected chi connectivity index (χ3v) is 5.74. The minimum Gasteiger partial charge on any atom is -0.390 e. The SMILES string of the molecule is OC12CCC(C3CCCCC3)(CC1)CC2. The Hall–Kier alpha value is -0.0400. The van der Waals surface area contributed by atoms with E-state index >= 15 is 0 Å². The molecule has 0 aliphatic heterocycles. The predicted octanol–water partition coefficient (Wildman–Crippen LogP) is 3.65. The van der Waals surface area contributed by atoms with Crippen LogP contribution in [0, 0.1) is 11.3 Å². The maximum Gasteiger partial charge on any atom is 0.0648 e. The van der Waals surface area contributed by atoms with Crippen molar-refractivity contribution in [2.45, 2.75) is 76.2 Å². The second kappa shape index (κ2) is 3.48. The molecule has 0 unspecified atom stereocenters. The van der Waals surface area contributed by atoms with Crippen LogP contribution in [0.3, 0.4) is 0 Å². The lowest BCUT2D eigenvalue weighted by molar-refractivity contribution is -0.117. The molecule has 2 bridgehead atoms. The van der Waals surface area contributed by atoms with Crippen LogP contribution in [0.5, 0.6) is 0 Å². The summed E-state index contributed by atoms with van der Waals surface area (Å²) in [6.45, 7) is 0. The molecule has 86 valence electrons. The molecule has 0 aromatic rings. The Morgan fingerprint density at radius 3 is 1.80 bits per heavy atom. The molecule has 1 heteroatoms. The molecule has 4 rings (SSSR count). The molecule has 0 saturated heterocycles. The lowest BCUT2D eigenvalue weighted by Gasteiger charge is -2.55. The molecule has 0 aromatic heterocycles. The van der Waals surface area contributed by atoms with Gasteiger partial charge in [-0.2, -0.15) is 0 Å². The van der Waals surface area contributed by atoms with Crippen molar-refractivity contribution in [3.8, 4) is 0 Å². The lowest BCUT2D eigenvalue weighted by atomic mass is 9.52. The molecule has 15 heavy (non-hydrogen) atoms. The van der Waals surface area contributed by atoms with E-state index in [9.17, 15) is 5.11 Å². The highest BCUT2D eigenvalue weighted by atomic mass is 16.3. The van der Waals surface area contributed by atoms with Gasteiger partial charge < -0.3 is 5.11 Å². The predicted molar refractivity (Wildman–Crippen MR) is 61.7 cm³/mol. The van der Waals surface area contributed by atoms with Crippen molar-refractivity contribution >= 4 is 0 Å². The van der Waals surface area contributed by atoms with Gasteiger partial charge in [-0.3, -0.25) is 0 Å². The monoisotopic (exact) mass is 208 g/mol. The second-order valence-electron chi connectivity index (χ2n) is 6.42. The highest BCUT2D eigenvalue weighted by Gasteiger charge is 2.50. The van der Waals surface area contributed by atoms with E-state index < -0.39 is 0 Å². The van der Waals surface area contributed by atoms with Gasteiger partial charge in [0.25, 0.3) is 0 Å². The van der Waals surface area contributed by atoms with E-state index in [0.717, 1.165) is 25.2 Å². The number of fused-ring (bicyclic) bond motifs is 3. The summed E-state index contributed by atoms with van der Waals surface area (Å²) < 4.78 is 0. The third kappa shape index (κ3) is 1.63. The minimum atomic E-state index is -0.240. The summed E-state index contributed by atoms with van der Waals surface area (Å²) in [5, 5.41) is 10.2. The summed E-state index contributed by atoms with van der Waals surface area (Å²) in [6.07, 6.45) is 14.7. The van der Waals surface area contributed by atoms with Gasteiger partial charge in [-0.25, -0.2) is 0 Å². The fourth-order valence-electron chi connectivity index (χ4n) is 4.52. The fraction of sp³-hybridized carbons (Fsp3) is 1.00. The Kier molecular flexibility index (Phi) is 2.35. The van der Waals surface area contributed by atoms with Crippen LogP contribution in [0.1, 0.15) is 70.6 Å². The molecule has 1 nitrogen and oxygen atoms in total. The Bertz CT molecular complexity index is 215. The zero-order valence-electron chi connectivity index (χ0n) is 9.80. The maximum atomic E-state index is 10.2. The molecule has 0 atom stereocenters. The molecule has 4 fully saturated rings. The first-order valence-electron chi connectivity index (χ1n) is 6.95. The van der Waals surface area contributed by atoms with Crippen molar-refractivity contribution in [3.05, 3.63) is 0 Å². The average molecular weight is 208 g/mol. The van der Waals surface area contributed by atoms with Gasteiger partial charge in [0.1, 0.15) is 0 Å². The van der Waals surface area contributed by atoms with Crippen LogP contribution in [0.15, 0.2) is 0 Å². The molecule has 0 amide bonds. The Labute approximate surface area is 93.3 Å². The van der Waals surface area contributed by atoms with Crippen LogP contribution in [-0.2, 0) is 0 Å². The van der Waals surface area contributed by atoms with Gasteiger partial charge in [-0.15, -0.1) is 0 Å². The molecular weight excluding hydrogens is 184 g/mol. The van der Waals surface area contributed by atoms with Gasteiger partial charge in [0.2, 0.25) is 0 Å². The molecular formula is C14H24O. The van der Waals surface area contributed by atoms with Gasteiger partial charge in [-0.1, -0.05) is 19.3 Å². The smallest absolute Gasteiger partial charge is 0.0648 e. The molecule has 0 radical (unpaired) electrons. The molecule has 0 heterocycles. The van der Waals surface area contributed by atoms with Gasteiger partial charge in [-0.05, 0) is 62.7 Å². The topological polar surface area (TPSA) is 20.2 Å². The van der Waals surface area contributed by atoms with Crippen molar-refractivity contribution in [3.63, 3.8) is 0 Å². The highest BCUT2D eigenvalue weighted by Crippen LogP contribution is 2.58. The largest absolute Gasteiger partial charge is 0.390 e. The first-order valence-corrected chi connectivity index (χ1v) is 6.95. The zero-order chi connectivity index (χ0) is 10.4. The van der Waals surface area contributed by atoms with Crippen LogP contribution in [0.2, 0.25) is 0 Å². The first-order chi connectivity index (χ1) is 7.23. The van der Waals surface area contributed by atoms with E-state index in [-0.39, 0.29) is 5.60 Å². The van der Waals surface area contributed by atoms with Crippen molar-refractivity contribution in [1.82, 2.24) is 0 Å². The Morgan fingerprint density at radius 1 is 0.733 bits per heavy atom. The summed E-state index contributed by atoms with van der Waals surface area (Å²) in [4.78, 5) is 0. The number of hydrogen-bond donors (Lipinski definition) is 1. The summed E-state index contributed by atoms with van der Waals surface area (Å²) in [7, 11) is 0. The van der Waals surface area contributed by atoms with E-state index in [1.165, 1.54) is 51.4 Å². The normalized spacial score (nSPS) is 47.0. The van der Waals surface area contributed by atoms with Gasteiger partial charge in [0.05, 0.1) is 5.60 Å². The third-order valence-electron chi connectivity index (χ3n) is 5.74. The standard InChI is InChI=1S/C14H24O/c15-14-9-6-13(7-10-14,8-11-14)12-4-2-1-3-5-12/h12,15H,1-11H2. The maximum absolute atomic E-state index is 10.2. The Morgan fingerprint density at radius 2 is 1.27 bits per heavy atom. The molecule has 0 aromatic carbocycles. The summed E-state index contributed by atoms with van der Waals surface area (Å²) >= 11 is 0. The van der Waals surface area contributed by atoms with Crippen LogP contribution < -0.4 is 0 Å². The highest BCUT2D eigenvalue weighted by molar-refractivity contribution is 5.02. The Balaban J connectivity index is 1.74.